The predicted molar refractivity (Wildman–Crippen MR) is 111 cm³/mol. The van der Waals surface area contributed by atoms with Gasteiger partial charge < -0.3 is 14.1 Å². The van der Waals surface area contributed by atoms with Gasteiger partial charge in [-0.05, 0) is 48.8 Å². The molecule has 1 fully saturated rings. The fraction of sp³-hybridized carbons (Fsp3) is 0.500. The molecule has 5 nitrogen and oxygen atoms in total. The van der Waals surface area contributed by atoms with Crippen molar-refractivity contribution in [3.63, 3.8) is 0 Å². The van der Waals surface area contributed by atoms with E-state index in [0.29, 0.717) is 28.9 Å². The molecular weight excluding hydrogens is 378 g/mol. The number of benzene rings is 1. The summed E-state index contributed by atoms with van der Waals surface area (Å²) in [4.78, 5) is 6.78. The number of nitrogens with zero attached hydrogens (tertiary/aromatic N) is 3. The smallest absolute Gasteiger partial charge is 0.293 e. The van der Waals surface area contributed by atoms with Gasteiger partial charge in [-0.2, -0.15) is 10.3 Å². The lowest BCUT2D eigenvalue weighted by Crippen LogP contribution is -2.42. The molecule has 27 heavy (non-hydrogen) atoms. The summed E-state index contributed by atoms with van der Waals surface area (Å²) >= 11 is 6.26. The average Bonchev–Trinajstić information content (AvgIpc) is 3.14. The van der Waals surface area contributed by atoms with Gasteiger partial charge in [-0.25, -0.2) is 0 Å². The summed E-state index contributed by atoms with van der Waals surface area (Å²) in [6.45, 7) is 14.3. The Balaban J connectivity index is 1.80. The van der Waals surface area contributed by atoms with Gasteiger partial charge >= 0.3 is 0 Å². The molecule has 0 bridgehead atoms. The highest BCUT2D eigenvalue weighted by molar-refractivity contribution is 6.74. The second-order valence-electron chi connectivity index (χ2n) is 8.53. The average molecular weight is 404 g/mol. The van der Waals surface area contributed by atoms with E-state index in [2.05, 4.69) is 55.9 Å². The quantitative estimate of drug-likeness (QED) is 0.656. The van der Waals surface area contributed by atoms with Crippen molar-refractivity contribution < 1.29 is 9.16 Å². The minimum Gasteiger partial charge on any atom is -0.545 e. The van der Waals surface area contributed by atoms with Gasteiger partial charge in [-0.1, -0.05) is 32.4 Å². The maximum absolute atomic E-state index is 9.10. The molecule has 7 heteroatoms. The van der Waals surface area contributed by atoms with E-state index in [0.717, 1.165) is 17.9 Å². The van der Waals surface area contributed by atoms with E-state index < -0.39 is 8.32 Å². The largest absolute Gasteiger partial charge is 0.545 e. The van der Waals surface area contributed by atoms with Gasteiger partial charge in [0.15, 0.2) is 0 Å². The van der Waals surface area contributed by atoms with Gasteiger partial charge in [-0.15, -0.1) is 0 Å². The zero-order valence-corrected chi connectivity index (χ0v) is 18.5. The standard InChI is InChI=1S/C20H26ClN3O2Si/c1-13-15(8-7-14(11-22)18(13)21)23-19-24-10-9-17(16(24)12-25-19)26-27(5,6)20(2,3)4/h7-9,16H,10,12H2,1-6H3/b23-19-/t16-/m1/s1. The molecule has 0 radical (unpaired) electrons. The lowest BCUT2D eigenvalue weighted by molar-refractivity contribution is 0.281. The van der Waals surface area contributed by atoms with Crippen LogP contribution in [0.3, 0.4) is 0 Å². The van der Waals surface area contributed by atoms with Crippen LogP contribution in [0.15, 0.2) is 29.0 Å². The van der Waals surface area contributed by atoms with Gasteiger partial charge in [0.1, 0.15) is 24.5 Å². The van der Waals surface area contributed by atoms with Crippen LogP contribution in [0.2, 0.25) is 23.2 Å². The number of aliphatic imine (C=N–C) groups is 1. The Labute approximate surface area is 167 Å². The van der Waals surface area contributed by atoms with E-state index >= 15 is 0 Å². The third-order valence-electron chi connectivity index (χ3n) is 5.68. The number of amidine groups is 1. The first-order valence-electron chi connectivity index (χ1n) is 9.11. The van der Waals surface area contributed by atoms with Crippen molar-refractivity contribution in [2.24, 2.45) is 4.99 Å². The van der Waals surface area contributed by atoms with E-state index in [1.165, 1.54) is 0 Å². The second-order valence-corrected chi connectivity index (χ2v) is 13.6. The van der Waals surface area contributed by atoms with E-state index in [-0.39, 0.29) is 11.1 Å². The molecule has 0 aliphatic carbocycles. The van der Waals surface area contributed by atoms with E-state index in [1.54, 1.807) is 12.1 Å². The van der Waals surface area contributed by atoms with Crippen LogP contribution in [0.4, 0.5) is 5.69 Å². The third-order valence-corrected chi connectivity index (χ3v) is 10.5. The number of halogens is 1. The third kappa shape index (κ3) is 3.58. The molecule has 2 heterocycles. The highest BCUT2D eigenvalue weighted by atomic mass is 35.5. The molecule has 2 aliphatic heterocycles. The molecule has 0 saturated carbocycles. The molecule has 1 aromatic rings. The van der Waals surface area contributed by atoms with Crippen LogP contribution in [-0.4, -0.2) is 38.4 Å². The van der Waals surface area contributed by atoms with Gasteiger partial charge in [0.25, 0.3) is 6.02 Å². The monoisotopic (exact) mass is 403 g/mol. The Kier molecular flexibility index (Phi) is 5.04. The molecule has 0 unspecified atom stereocenters. The van der Waals surface area contributed by atoms with E-state index in [1.807, 2.05) is 6.92 Å². The van der Waals surface area contributed by atoms with Gasteiger partial charge in [0.2, 0.25) is 8.32 Å². The zero-order chi connectivity index (χ0) is 20.0. The lowest BCUT2D eigenvalue weighted by atomic mass is 10.1. The number of fused-ring (bicyclic) bond motifs is 1. The molecule has 2 aliphatic rings. The fourth-order valence-corrected chi connectivity index (χ4v) is 4.18. The van der Waals surface area contributed by atoms with Crippen molar-refractivity contribution in [1.82, 2.24) is 4.90 Å². The van der Waals surface area contributed by atoms with Crippen molar-refractivity contribution >= 4 is 31.6 Å². The van der Waals surface area contributed by atoms with Crippen molar-refractivity contribution in [2.75, 3.05) is 13.2 Å². The molecule has 1 atom stereocenters. The van der Waals surface area contributed by atoms with Gasteiger partial charge in [-0.3, -0.25) is 0 Å². The first-order valence-corrected chi connectivity index (χ1v) is 12.4. The van der Waals surface area contributed by atoms with E-state index in [9.17, 15) is 0 Å². The van der Waals surface area contributed by atoms with Crippen molar-refractivity contribution in [3.8, 4) is 6.07 Å². The number of hydrogen-bond acceptors (Lipinski definition) is 4. The summed E-state index contributed by atoms with van der Waals surface area (Å²) in [5.41, 5.74) is 1.95. The van der Waals surface area contributed by atoms with Crippen LogP contribution in [-0.2, 0) is 9.16 Å². The highest BCUT2D eigenvalue weighted by Crippen LogP contribution is 2.40. The topological polar surface area (TPSA) is 57.9 Å². The molecule has 0 amide bonds. The van der Waals surface area contributed by atoms with Crippen LogP contribution in [0.1, 0.15) is 31.9 Å². The summed E-state index contributed by atoms with van der Waals surface area (Å²) in [6.07, 6.45) is 2.14. The summed E-state index contributed by atoms with van der Waals surface area (Å²) in [5.74, 6) is 1.00. The Morgan fingerprint density at radius 3 is 2.70 bits per heavy atom. The normalized spacial score (nSPS) is 21.0. The molecule has 1 aromatic carbocycles. The Hall–Kier alpha value is -1.97. The van der Waals surface area contributed by atoms with Crippen molar-refractivity contribution in [3.05, 3.63) is 40.1 Å². The SMILES string of the molecule is Cc1c(/N=C2\OC[C@@H]3C(O[Si](C)(C)C(C)(C)C)=CCN23)ccc(C#N)c1Cl. The van der Waals surface area contributed by atoms with Crippen molar-refractivity contribution in [2.45, 2.75) is 51.9 Å². The zero-order valence-electron chi connectivity index (χ0n) is 16.8. The molecular formula is C20H26ClN3O2Si. The molecule has 3 rings (SSSR count). The van der Waals surface area contributed by atoms with Crippen molar-refractivity contribution in [1.29, 1.82) is 5.26 Å². The minimum atomic E-state index is -1.89. The molecule has 0 aromatic heterocycles. The Morgan fingerprint density at radius 2 is 2.07 bits per heavy atom. The van der Waals surface area contributed by atoms with Gasteiger partial charge in [0.05, 0.1) is 16.3 Å². The van der Waals surface area contributed by atoms with Crippen LogP contribution >= 0.6 is 11.6 Å². The number of nitriles is 1. The molecule has 0 N–H and O–H groups in total. The predicted octanol–water partition coefficient (Wildman–Crippen LogP) is 5.13. The summed E-state index contributed by atoms with van der Waals surface area (Å²) < 4.78 is 12.4. The first kappa shape index (κ1) is 19.8. The van der Waals surface area contributed by atoms with Crippen LogP contribution in [0.25, 0.3) is 0 Å². The molecule has 0 spiro atoms. The fourth-order valence-electron chi connectivity index (χ4n) is 2.86. The number of hydrogen-bond donors (Lipinski definition) is 0. The Morgan fingerprint density at radius 1 is 1.37 bits per heavy atom. The number of ether oxygens (including phenoxy) is 1. The first-order chi connectivity index (χ1) is 12.5. The molecule has 144 valence electrons. The maximum Gasteiger partial charge on any atom is 0.293 e. The summed E-state index contributed by atoms with van der Waals surface area (Å²) in [6, 6.07) is 6.24. The highest BCUT2D eigenvalue weighted by Gasteiger charge is 2.45. The lowest BCUT2D eigenvalue weighted by Gasteiger charge is -2.37. The van der Waals surface area contributed by atoms with Crippen LogP contribution in [0, 0.1) is 18.3 Å². The number of rotatable bonds is 3. The van der Waals surface area contributed by atoms with Crippen LogP contribution in [0.5, 0.6) is 0 Å². The maximum atomic E-state index is 9.10. The van der Waals surface area contributed by atoms with E-state index in [4.69, 9.17) is 26.0 Å². The van der Waals surface area contributed by atoms with Gasteiger partial charge in [0, 0.05) is 6.54 Å². The second kappa shape index (κ2) is 6.88. The summed E-state index contributed by atoms with van der Waals surface area (Å²) in [5, 5.41) is 9.69. The minimum absolute atomic E-state index is 0.0760. The summed E-state index contributed by atoms with van der Waals surface area (Å²) in [7, 11) is -1.89. The molecule has 1 saturated heterocycles. The van der Waals surface area contributed by atoms with Crippen LogP contribution < -0.4 is 0 Å². The Bertz CT molecular complexity index is 865.